The van der Waals surface area contributed by atoms with Gasteiger partial charge >= 0.3 is 0 Å². The van der Waals surface area contributed by atoms with Crippen molar-refractivity contribution in [1.29, 1.82) is 0 Å². The third kappa shape index (κ3) is 4.34. The van der Waals surface area contributed by atoms with Gasteiger partial charge in [0.2, 0.25) is 5.91 Å². The number of hydrogen-bond donors (Lipinski definition) is 2. The molecule has 0 heterocycles. The van der Waals surface area contributed by atoms with Crippen molar-refractivity contribution < 1.29 is 14.0 Å². The summed E-state index contributed by atoms with van der Waals surface area (Å²) >= 11 is 17.6. The van der Waals surface area contributed by atoms with E-state index in [1.54, 1.807) is 18.2 Å². The zero-order valence-corrected chi connectivity index (χ0v) is 13.8. The maximum Gasteiger partial charge on any atom is 0.256 e. The lowest BCUT2D eigenvalue weighted by molar-refractivity contribution is -0.115. The van der Waals surface area contributed by atoms with Crippen molar-refractivity contribution in [2.45, 2.75) is 0 Å². The molecule has 0 fully saturated rings. The smallest absolute Gasteiger partial charge is 0.256 e. The van der Waals surface area contributed by atoms with Crippen molar-refractivity contribution in [3.63, 3.8) is 0 Å². The molecule has 0 radical (unpaired) electrons. The van der Waals surface area contributed by atoms with Gasteiger partial charge in [-0.25, -0.2) is 4.39 Å². The summed E-state index contributed by atoms with van der Waals surface area (Å²) in [6.45, 7) is -0.398. The first-order chi connectivity index (χ1) is 10.9. The molecule has 120 valence electrons. The van der Waals surface area contributed by atoms with Gasteiger partial charge in [-0.05, 0) is 24.3 Å². The molecule has 2 N–H and O–H groups in total. The van der Waals surface area contributed by atoms with Gasteiger partial charge in [-0.2, -0.15) is 0 Å². The zero-order valence-electron chi connectivity index (χ0n) is 11.5. The Morgan fingerprint density at radius 3 is 2.13 bits per heavy atom. The van der Waals surface area contributed by atoms with Crippen molar-refractivity contribution in [2.75, 3.05) is 11.9 Å². The highest BCUT2D eigenvalue weighted by atomic mass is 35.5. The minimum Gasteiger partial charge on any atom is -0.343 e. The largest absolute Gasteiger partial charge is 0.343 e. The first kappa shape index (κ1) is 17.5. The average molecular weight is 376 g/mol. The molecule has 23 heavy (non-hydrogen) atoms. The maximum absolute atomic E-state index is 13.6. The average Bonchev–Trinajstić information content (AvgIpc) is 2.49. The molecule has 0 saturated carbocycles. The highest BCUT2D eigenvalue weighted by Crippen LogP contribution is 2.29. The molecular formula is C15H10Cl3FN2O2. The summed E-state index contributed by atoms with van der Waals surface area (Å²) in [5.74, 6) is -2.14. The minimum atomic E-state index is -0.798. The second-order valence-electron chi connectivity index (χ2n) is 4.42. The van der Waals surface area contributed by atoms with Crippen LogP contribution in [0.4, 0.5) is 10.1 Å². The van der Waals surface area contributed by atoms with E-state index in [1.165, 1.54) is 12.1 Å². The molecule has 0 atom stereocenters. The molecule has 2 aromatic carbocycles. The lowest BCUT2D eigenvalue weighted by atomic mass is 10.2. The van der Waals surface area contributed by atoms with Gasteiger partial charge in [-0.3, -0.25) is 9.59 Å². The molecule has 2 aromatic rings. The van der Waals surface area contributed by atoms with Crippen molar-refractivity contribution in [1.82, 2.24) is 5.32 Å². The molecule has 0 aliphatic rings. The van der Waals surface area contributed by atoms with E-state index < -0.39 is 24.2 Å². The summed E-state index contributed by atoms with van der Waals surface area (Å²) < 4.78 is 13.6. The van der Waals surface area contributed by atoms with Crippen LogP contribution in [0.15, 0.2) is 36.4 Å². The number of rotatable bonds is 4. The van der Waals surface area contributed by atoms with E-state index in [2.05, 4.69) is 10.6 Å². The topological polar surface area (TPSA) is 58.2 Å². The number of halogens is 4. The molecule has 0 bridgehead atoms. The number of nitrogens with one attached hydrogen (secondary N) is 2. The fraction of sp³-hybridized carbons (Fsp3) is 0.0667. The summed E-state index contributed by atoms with van der Waals surface area (Å²) in [7, 11) is 0. The van der Waals surface area contributed by atoms with Crippen molar-refractivity contribution in [2.24, 2.45) is 0 Å². The number of carbonyl (C=O) groups is 2. The standard InChI is InChI=1S/C15H10Cl3FN2O2/c16-8-3-2-6-11(19)13(8)15(23)20-7-12(22)21-14-9(17)4-1-5-10(14)18/h1-6H,7H2,(H,20,23)(H,21,22). The van der Waals surface area contributed by atoms with Crippen LogP contribution in [0, 0.1) is 5.82 Å². The van der Waals surface area contributed by atoms with Gasteiger partial charge in [0.1, 0.15) is 5.82 Å². The summed E-state index contributed by atoms with van der Waals surface area (Å²) in [4.78, 5) is 23.8. The van der Waals surface area contributed by atoms with Crippen LogP contribution in [0.2, 0.25) is 15.1 Å². The predicted molar refractivity (Wildman–Crippen MR) is 88.8 cm³/mol. The monoisotopic (exact) mass is 374 g/mol. The number of anilines is 1. The first-order valence-corrected chi connectivity index (χ1v) is 7.49. The van der Waals surface area contributed by atoms with Crippen LogP contribution in [0.3, 0.4) is 0 Å². The highest BCUT2D eigenvalue weighted by Gasteiger charge is 2.17. The Hall–Kier alpha value is -1.82. The Kier molecular flexibility index (Phi) is 5.82. The van der Waals surface area contributed by atoms with Gasteiger partial charge in [0.25, 0.3) is 5.91 Å². The maximum atomic E-state index is 13.6. The molecule has 2 rings (SSSR count). The molecule has 0 saturated heterocycles. The molecule has 8 heteroatoms. The molecule has 0 aliphatic carbocycles. The summed E-state index contributed by atoms with van der Waals surface area (Å²) in [5.41, 5.74) is -0.0863. The Labute approximate surface area is 146 Å². The van der Waals surface area contributed by atoms with Gasteiger partial charge in [0.05, 0.1) is 32.9 Å². The SMILES string of the molecule is O=C(CNC(=O)c1c(F)cccc1Cl)Nc1c(Cl)cccc1Cl. The van der Waals surface area contributed by atoms with E-state index in [9.17, 15) is 14.0 Å². The molecule has 0 aliphatic heterocycles. The number of carbonyl (C=O) groups excluding carboxylic acids is 2. The van der Waals surface area contributed by atoms with Crippen LogP contribution in [-0.2, 0) is 4.79 Å². The lowest BCUT2D eigenvalue weighted by Gasteiger charge is -2.10. The van der Waals surface area contributed by atoms with E-state index in [0.29, 0.717) is 0 Å². The molecule has 4 nitrogen and oxygen atoms in total. The number of benzene rings is 2. The number of para-hydroxylation sites is 1. The van der Waals surface area contributed by atoms with Gasteiger partial charge in [0.15, 0.2) is 0 Å². The van der Waals surface area contributed by atoms with Crippen molar-refractivity contribution >= 4 is 52.3 Å². The fourth-order valence-corrected chi connectivity index (χ4v) is 2.51. The number of hydrogen-bond acceptors (Lipinski definition) is 2. The number of amides is 2. The Balaban J connectivity index is 2.01. The second-order valence-corrected chi connectivity index (χ2v) is 5.65. The molecule has 0 aromatic heterocycles. The molecular weight excluding hydrogens is 366 g/mol. The van der Waals surface area contributed by atoms with Crippen molar-refractivity contribution in [3.8, 4) is 0 Å². The quantitative estimate of drug-likeness (QED) is 0.843. The van der Waals surface area contributed by atoms with E-state index >= 15 is 0 Å². The minimum absolute atomic E-state index is 0.0444. The van der Waals surface area contributed by atoms with Crippen LogP contribution < -0.4 is 10.6 Å². The summed E-state index contributed by atoms with van der Waals surface area (Å²) in [6, 6.07) is 8.60. The van der Waals surface area contributed by atoms with Gasteiger partial charge in [-0.15, -0.1) is 0 Å². The third-order valence-corrected chi connectivity index (χ3v) is 3.77. The van der Waals surface area contributed by atoms with Gasteiger partial charge in [0, 0.05) is 0 Å². The molecule has 0 spiro atoms. The summed E-state index contributed by atoms with van der Waals surface area (Å²) in [5, 5.41) is 5.22. The highest BCUT2D eigenvalue weighted by molar-refractivity contribution is 6.39. The van der Waals surface area contributed by atoms with Gasteiger partial charge < -0.3 is 10.6 Å². The first-order valence-electron chi connectivity index (χ1n) is 6.36. The third-order valence-electron chi connectivity index (χ3n) is 2.83. The lowest BCUT2D eigenvalue weighted by Crippen LogP contribution is -2.33. The molecule has 0 unspecified atom stereocenters. The van der Waals surface area contributed by atoms with E-state index in [4.69, 9.17) is 34.8 Å². The predicted octanol–water partition coefficient (Wildman–Crippen LogP) is 4.15. The Morgan fingerprint density at radius 2 is 1.52 bits per heavy atom. The fourth-order valence-electron chi connectivity index (χ4n) is 1.76. The van der Waals surface area contributed by atoms with Crippen LogP contribution in [0.1, 0.15) is 10.4 Å². The van der Waals surface area contributed by atoms with Gasteiger partial charge in [-0.1, -0.05) is 46.9 Å². The van der Waals surface area contributed by atoms with Crippen LogP contribution >= 0.6 is 34.8 Å². The van der Waals surface area contributed by atoms with E-state index in [-0.39, 0.29) is 26.3 Å². The Bertz CT molecular complexity index is 728. The van der Waals surface area contributed by atoms with Crippen LogP contribution in [0.5, 0.6) is 0 Å². The Morgan fingerprint density at radius 1 is 0.957 bits per heavy atom. The van der Waals surface area contributed by atoms with E-state index in [0.717, 1.165) is 6.07 Å². The second kappa shape index (κ2) is 7.64. The zero-order chi connectivity index (χ0) is 17.0. The van der Waals surface area contributed by atoms with Crippen LogP contribution in [0.25, 0.3) is 0 Å². The normalized spacial score (nSPS) is 10.3. The molecule has 2 amide bonds. The van der Waals surface area contributed by atoms with Crippen LogP contribution in [-0.4, -0.2) is 18.4 Å². The van der Waals surface area contributed by atoms with E-state index in [1.807, 2.05) is 0 Å². The van der Waals surface area contributed by atoms with Crippen molar-refractivity contribution in [3.05, 3.63) is 62.8 Å². The summed E-state index contributed by atoms with van der Waals surface area (Å²) in [6.07, 6.45) is 0.